The van der Waals surface area contributed by atoms with Gasteiger partial charge in [-0.05, 0) is 28.1 Å². The van der Waals surface area contributed by atoms with Crippen LogP contribution in [0.3, 0.4) is 0 Å². The molecule has 18 heavy (non-hydrogen) atoms. The zero-order chi connectivity index (χ0) is 13.8. The maximum Gasteiger partial charge on any atom is 0.301 e. The van der Waals surface area contributed by atoms with Gasteiger partial charge in [-0.25, -0.2) is 0 Å². The molecule has 1 aromatic carbocycles. The highest BCUT2D eigenvalue weighted by Crippen LogP contribution is 2.28. The number of anilines is 1. The summed E-state index contributed by atoms with van der Waals surface area (Å²) < 4.78 is 33.7. The third-order valence-electron chi connectivity index (χ3n) is 2.46. The third-order valence-corrected chi connectivity index (χ3v) is 4.82. The van der Waals surface area contributed by atoms with Crippen LogP contribution in [0.2, 0.25) is 0 Å². The predicted octanol–water partition coefficient (Wildman–Crippen LogP) is 2.46. The first-order chi connectivity index (χ1) is 8.44. The molecule has 0 radical (unpaired) electrons. The SMILES string of the molecule is CCN(CC)S(=O)(=O)Nc1cc(OC)ccc1Br. The van der Waals surface area contributed by atoms with Crippen LogP contribution in [-0.4, -0.2) is 32.9 Å². The molecule has 0 aliphatic rings. The van der Waals surface area contributed by atoms with Gasteiger partial charge in [-0.1, -0.05) is 13.8 Å². The number of rotatable bonds is 6. The molecule has 0 aromatic heterocycles. The van der Waals surface area contributed by atoms with E-state index in [0.29, 0.717) is 29.0 Å². The molecule has 5 nitrogen and oxygen atoms in total. The molecule has 0 saturated carbocycles. The van der Waals surface area contributed by atoms with Crippen molar-refractivity contribution in [2.24, 2.45) is 0 Å². The lowest BCUT2D eigenvalue weighted by Crippen LogP contribution is -2.35. The van der Waals surface area contributed by atoms with Gasteiger partial charge in [0.25, 0.3) is 0 Å². The van der Waals surface area contributed by atoms with Crippen molar-refractivity contribution in [3.05, 3.63) is 22.7 Å². The van der Waals surface area contributed by atoms with Gasteiger partial charge in [-0.3, -0.25) is 4.72 Å². The molecule has 1 N–H and O–H groups in total. The van der Waals surface area contributed by atoms with E-state index in [4.69, 9.17) is 4.74 Å². The summed E-state index contributed by atoms with van der Waals surface area (Å²) >= 11 is 3.30. The second kappa shape index (κ2) is 6.40. The second-order valence-electron chi connectivity index (χ2n) is 3.54. The molecule has 1 aromatic rings. The van der Waals surface area contributed by atoms with E-state index in [1.165, 1.54) is 11.4 Å². The smallest absolute Gasteiger partial charge is 0.301 e. The first kappa shape index (κ1) is 15.3. The van der Waals surface area contributed by atoms with Gasteiger partial charge in [0.2, 0.25) is 0 Å². The number of halogens is 1. The van der Waals surface area contributed by atoms with E-state index in [2.05, 4.69) is 20.7 Å². The zero-order valence-electron chi connectivity index (χ0n) is 10.6. The molecular weight excluding hydrogens is 320 g/mol. The minimum atomic E-state index is -3.53. The predicted molar refractivity (Wildman–Crippen MR) is 76.2 cm³/mol. The van der Waals surface area contributed by atoms with Crippen molar-refractivity contribution in [2.75, 3.05) is 24.9 Å². The minimum absolute atomic E-state index is 0.424. The second-order valence-corrected chi connectivity index (χ2v) is 6.06. The van der Waals surface area contributed by atoms with E-state index in [0.717, 1.165) is 0 Å². The highest BCUT2D eigenvalue weighted by Gasteiger charge is 2.19. The zero-order valence-corrected chi connectivity index (χ0v) is 13.0. The quantitative estimate of drug-likeness (QED) is 0.867. The Morgan fingerprint density at radius 1 is 1.33 bits per heavy atom. The monoisotopic (exact) mass is 336 g/mol. The molecule has 1 rings (SSSR count). The number of hydrogen-bond donors (Lipinski definition) is 1. The molecule has 0 saturated heterocycles. The molecule has 0 fully saturated rings. The Hall–Kier alpha value is -0.790. The summed E-state index contributed by atoms with van der Waals surface area (Å²) in [5.74, 6) is 0.593. The van der Waals surface area contributed by atoms with Gasteiger partial charge in [-0.2, -0.15) is 12.7 Å². The molecule has 0 unspecified atom stereocenters. The Bertz CT molecular complexity index is 501. The van der Waals surface area contributed by atoms with Crippen LogP contribution in [0.1, 0.15) is 13.8 Å². The highest BCUT2D eigenvalue weighted by molar-refractivity contribution is 9.10. The lowest BCUT2D eigenvalue weighted by Gasteiger charge is -2.20. The molecular formula is C11H17BrN2O3S. The largest absolute Gasteiger partial charge is 0.497 e. The van der Waals surface area contributed by atoms with Crippen molar-refractivity contribution in [1.82, 2.24) is 4.31 Å². The number of hydrogen-bond acceptors (Lipinski definition) is 3. The summed E-state index contributed by atoms with van der Waals surface area (Å²) in [4.78, 5) is 0. The molecule has 7 heteroatoms. The van der Waals surface area contributed by atoms with Crippen LogP contribution >= 0.6 is 15.9 Å². The van der Waals surface area contributed by atoms with Gasteiger partial charge in [0.15, 0.2) is 0 Å². The van der Waals surface area contributed by atoms with Crippen LogP contribution in [0.4, 0.5) is 5.69 Å². The Labute approximate surface area is 116 Å². The molecule has 0 aliphatic heterocycles. The molecule has 0 bridgehead atoms. The number of ether oxygens (including phenoxy) is 1. The minimum Gasteiger partial charge on any atom is -0.497 e. The number of benzene rings is 1. The maximum absolute atomic E-state index is 12.1. The Morgan fingerprint density at radius 2 is 1.94 bits per heavy atom. The Balaban J connectivity index is 3.03. The lowest BCUT2D eigenvalue weighted by molar-refractivity contribution is 0.415. The van der Waals surface area contributed by atoms with Gasteiger partial charge in [-0.15, -0.1) is 0 Å². The molecule has 0 aliphatic carbocycles. The van der Waals surface area contributed by atoms with Crippen LogP contribution in [-0.2, 0) is 10.2 Å². The van der Waals surface area contributed by atoms with Crippen LogP contribution < -0.4 is 9.46 Å². The summed E-state index contributed by atoms with van der Waals surface area (Å²) in [6.07, 6.45) is 0. The normalized spacial score (nSPS) is 11.6. The standard InChI is InChI=1S/C11H17BrN2O3S/c1-4-14(5-2)18(15,16)13-11-8-9(17-3)6-7-10(11)12/h6-8,13H,4-5H2,1-3H3. The van der Waals surface area contributed by atoms with Gasteiger partial charge < -0.3 is 4.74 Å². The number of methoxy groups -OCH3 is 1. The van der Waals surface area contributed by atoms with E-state index in [-0.39, 0.29) is 0 Å². The van der Waals surface area contributed by atoms with Gasteiger partial charge >= 0.3 is 10.2 Å². The van der Waals surface area contributed by atoms with Crippen molar-refractivity contribution in [3.63, 3.8) is 0 Å². The van der Waals surface area contributed by atoms with Crippen molar-refractivity contribution in [3.8, 4) is 5.75 Å². The number of nitrogens with zero attached hydrogens (tertiary/aromatic N) is 1. The van der Waals surface area contributed by atoms with E-state index in [1.54, 1.807) is 32.0 Å². The van der Waals surface area contributed by atoms with Crippen molar-refractivity contribution in [1.29, 1.82) is 0 Å². The average Bonchev–Trinajstić information content (AvgIpc) is 2.33. The van der Waals surface area contributed by atoms with E-state index in [1.807, 2.05) is 0 Å². The topological polar surface area (TPSA) is 58.6 Å². The molecule has 0 heterocycles. The van der Waals surface area contributed by atoms with Crippen molar-refractivity contribution in [2.45, 2.75) is 13.8 Å². The molecule has 0 atom stereocenters. The van der Waals surface area contributed by atoms with Crippen LogP contribution in [0, 0.1) is 0 Å². The third kappa shape index (κ3) is 3.60. The first-order valence-corrected chi connectivity index (χ1v) is 7.79. The van der Waals surface area contributed by atoms with Gasteiger partial charge in [0.1, 0.15) is 5.75 Å². The van der Waals surface area contributed by atoms with E-state index < -0.39 is 10.2 Å². The summed E-state index contributed by atoms with van der Waals surface area (Å²) in [5.41, 5.74) is 0.459. The Kier molecular flexibility index (Phi) is 5.43. The van der Waals surface area contributed by atoms with Crippen LogP contribution in [0.25, 0.3) is 0 Å². The maximum atomic E-state index is 12.1. The fraction of sp³-hybridized carbons (Fsp3) is 0.455. The van der Waals surface area contributed by atoms with Gasteiger partial charge in [0.05, 0.1) is 12.8 Å². The fourth-order valence-electron chi connectivity index (χ4n) is 1.48. The van der Waals surface area contributed by atoms with Crippen LogP contribution in [0.5, 0.6) is 5.75 Å². The average molecular weight is 337 g/mol. The number of nitrogens with one attached hydrogen (secondary N) is 1. The van der Waals surface area contributed by atoms with Gasteiger partial charge in [0, 0.05) is 23.6 Å². The first-order valence-electron chi connectivity index (χ1n) is 5.56. The van der Waals surface area contributed by atoms with E-state index >= 15 is 0 Å². The van der Waals surface area contributed by atoms with Crippen molar-refractivity contribution < 1.29 is 13.2 Å². The van der Waals surface area contributed by atoms with Crippen molar-refractivity contribution >= 4 is 31.8 Å². The molecule has 0 amide bonds. The molecule has 0 spiro atoms. The summed E-state index contributed by atoms with van der Waals surface area (Å²) in [6, 6.07) is 5.11. The summed E-state index contributed by atoms with van der Waals surface area (Å²) in [6.45, 7) is 4.44. The fourth-order valence-corrected chi connectivity index (χ4v) is 3.21. The Morgan fingerprint density at radius 3 is 2.44 bits per heavy atom. The summed E-state index contributed by atoms with van der Waals surface area (Å²) in [7, 11) is -1.99. The summed E-state index contributed by atoms with van der Waals surface area (Å²) in [5, 5.41) is 0. The lowest BCUT2D eigenvalue weighted by atomic mass is 10.3. The van der Waals surface area contributed by atoms with E-state index in [9.17, 15) is 8.42 Å². The highest BCUT2D eigenvalue weighted by atomic mass is 79.9. The molecule has 102 valence electrons. The van der Waals surface area contributed by atoms with Crippen LogP contribution in [0.15, 0.2) is 22.7 Å².